The molecule has 0 saturated carbocycles. The lowest BCUT2D eigenvalue weighted by atomic mass is 9.82. The summed E-state index contributed by atoms with van der Waals surface area (Å²) in [5.74, 6) is -1.50. The first-order valence-electron chi connectivity index (χ1n) is 16.1. The molecular weight excluding hydrogens is 609 g/mol. The zero-order chi connectivity index (χ0) is 33.2. The van der Waals surface area contributed by atoms with Crippen LogP contribution in [0.3, 0.4) is 0 Å². The summed E-state index contributed by atoms with van der Waals surface area (Å²) < 4.78 is 27.9. The molecule has 0 aromatic heterocycles. The quantitative estimate of drug-likeness (QED) is 0.115. The van der Waals surface area contributed by atoms with Crippen LogP contribution in [0.1, 0.15) is 51.0 Å². The summed E-state index contributed by atoms with van der Waals surface area (Å²) in [5, 5.41) is 9.83. The van der Waals surface area contributed by atoms with E-state index in [9.17, 15) is 24.3 Å². The third-order valence-corrected chi connectivity index (χ3v) is 12.3. The van der Waals surface area contributed by atoms with Crippen LogP contribution >= 0.6 is 0 Å². The molecule has 248 valence electrons. The fourth-order valence-corrected chi connectivity index (χ4v) is 10.2. The topological polar surface area (TPSA) is 117 Å². The summed E-state index contributed by atoms with van der Waals surface area (Å²) in [5.41, 5.74) is 0.0338. The zero-order valence-corrected chi connectivity index (χ0v) is 28.0. The maximum Gasteiger partial charge on any atom is 0.305 e. The van der Waals surface area contributed by atoms with E-state index in [0.717, 1.165) is 6.42 Å². The van der Waals surface area contributed by atoms with Gasteiger partial charge in [0.1, 0.15) is 0 Å². The average Bonchev–Trinajstić information content (AvgIpc) is 3.70. The van der Waals surface area contributed by atoms with Gasteiger partial charge in [-0.25, -0.2) is 0 Å². The zero-order valence-electron chi connectivity index (χ0n) is 27.0. The number of hydrogen-bond donors (Lipinski definition) is 1. The second-order valence-electron chi connectivity index (χ2n) is 13.0. The van der Waals surface area contributed by atoms with Gasteiger partial charge in [-0.1, -0.05) is 25.1 Å². The van der Waals surface area contributed by atoms with Gasteiger partial charge in [-0.15, -0.1) is 0 Å². The van der Waals surface area contributed by atoms with Crippen molar-refractivity contribution < 1.29 is 37.9 Å². The van der Waals surface area contributed by atoms with Gasteiger partial charge in [-0.2, -0.15) is 0 Å². The summed E-state index contributed by atoms with van der Waals surface area (Å²) in [7, 11) is -2.19. The van der Waals surface area contributed by atoms with Crippen molar-refractivity contribution in [2.45, 2.75) is 81.8 Å². The number of aliphatic hydroxyl groups is 1. The first-order chi connectivity index (χ1) is 22.0. The van der Waals surface area contributed by atoms with Crippen molar-refractivity contribution in [1.29, 1.82) is 0 Å². The molecule has 46 heavy (non-hydrogen) atoms. The fraction of sp³-hybridized carbons (Fsp3) is 0.529. The molecule has 1 spiro atoms. The Balaban J connectivity index is 1.56. The highest BCUT2D eigenvalue weighted by atomic mass is 28.4. The largest absolute Gasteiger partial charge is 0.469 e. The maximum absolute atomic E-state index is 16.3. The number of benzene rings is 2. The number of anilines is 3. The van der Waals surface area contributed by atoms with Crippen molar-refractivity contribution in [2.75, 3.05) is 36.6 Å². The van der Waals surface area contributed by atoms with Crippen LogP contribution in [0.25, 0.3) is 0 Å². The van der Waals surface area contributed by atoms with Gasteiger partial charge >= 0.3 is 5.97 Å². The number of rotatable bonds is 12. The van der Waals surface area contributed by atoms with Crippen molar-refractivity contribution in [2.24, 2.45) is 5.92 Å². The van der Waals surface area contributed by atoms with E-state index >= 15 is 4.11 Å². The molecule has 2 fully saturated rings. The minimum absolute atomic E-state index is 0.0977. The Bertz CT molecular complexity index is 1450. The molecule has 0 aliphatic carbocycles. The highest BCUT2D eigenvalue weighted by Crippen LogP contribution is 2.60. The Morgan fingerprint density at radius 1 is 1.17 bits per heavy atom. The number of hydrogen-bond acceptors (Lipinski definition) is 7. The molecule has 3 aliphatic rings. The maximum atomic E-state index is 16.3. The van der Waals surface area contributed by atoms with Crippen molar-refractivity contribution in [3.63, 3.8) is 0 Å². The summed E-state index contributed by atoms with van der Waals surface area (Å²) in [6.07, 6.45) is 2.48. The molecule has 3 aliphatic heterocycles. The van der Waals surface area contributed by atoms with Gasteiger partial charge in [-0.3, -0.25) is 24.1 Å². The number of esters is 1. The van der Waals surface area contributed by atoms with Crippen LogP contribution in [0, 0.1) is 5.92 Å². The fourth-order valence-electron chi connectivity index (χ4n) is 7.75. The monoisotopic (exact) mass is 653 g/mol. The number of carbonyl (C=O) groups excluding carboxylic acids is 4. The molecule has 1 N–H and O–H groups in total. The second kappa shape index (κ2) is 13.6. The van der Waals surface area contributed by atoms with Gasteiger partial charge in [0.25, 0.3) is 5.91 Å². The predicted octanol–water partition coefficient (Wildman–Crippen LogP) is 4.82. The number of nitrogens with zero attached hydrogens (tertiary/aromatic N) is 3. The van der Waals surface area contributed by atoms with Gasteiger partial charge in [-0.05, 0) is 69.1 Å². The number of carbonyl (C=O) groups is 4. The summed E-state index contributed by atoms with van der Waals surface area (Å²) >= 11 is 0. The van der Waals surface area contributed by atoms with Crippen LogP contribution in [0.5, 0.6) is 0 Å². The van der Waals surface area contributed by atoms with Crippen molar-refractivity contribution >= 4 is 49.7 Å². The van der Waals surface area contributed by atoms with E-state index in [4.69, 9.17) is 9.47 Å². The van der Waals surface area contributed by atoms with E-state index in [0.29, 0.717) is 61.4 Å². The summed E-state index contributed by atoms with van der Waals surface area (Å²) in [6.45, 7) is 5.69. The molecule has 0 unspecified atom stereocenters. The van der Waals surface area contributed by atoms with E-state index < -0.39 is 31.6 Å². The van der Waals surface area contributed by atoms with Crippen LogP contribution in [0.4, 0.5) is 21.2 Å². The normalized spacial score (nSPS) is 25.7. The van der Waals surface area contributed by atoms with Gasteiger partial charge in [0.05, 0.1) is 38.0 Å². The number of methoxy groups -OCH3 is 1. The highest BCUT2D eigenvalue weighted by Gasteiger charge is 2.67. The molecule has 5 rings (SSSR count). The van der Waals surface area contributed by atoms with Crippen molar-refractivity contribution in [3.8, 4) is 0 Å². The predicted molar refractivity (Wildman–Crippen MR) is 174 cm³/mol. The number of aliphatic hydroxyl groups excluding tert-OH is 1. The Kier molecular flexibility index (Phi) is 9.99. The third-order valence-electron chi connectivity index (χ3n) is 9.89. The number of amides is 3. The van der Waals surface area contributed by atoms with E-state index in [1.165, 1.54) is 12.0 Å². The number of ether oxygens (including phenoxy) is 2. The number of likely N-dealkylation sites (tertiary alicyclic amines) is 1. The van der Waals surface area contributed by atoms with Crippen molar-refractivity contribution in [1.82, 2.24) is 4.90 Å². The van der Waals surface area contributed by atoms with Crippen LogP contribution < -0.4 is 9.80 Å². The number of unbranched alkanes of at least 4 members (excludes halogenated alkanes) is 1. The Morgan fingerprint density at radius 2 is 1.91 bits per heavy atom. The molecular formula is C34H44FN3O7Si. The van der Waals surface area contributed by atoms with Gasteiger partial charge in [0.15, 0.2) is 5.60 Å². The summed E-state index contributed by atoms with van der Waals surface area (Å²) in [6, 6.07) is 14.2. The first-order valence-corrected chi connectivity index (χ1v) is 19.0. The number of fused-ring (bicyclic) bond motifs is 2. The second-order valence-corrected chi connectivity index (χ2v) is 16.8. The number of para-hydroxylation sites is 1. The standard InChI is InChI=1S/C34H44FN3O7Si/c1-23-32(46(3,4)35)29(20-30(41)36-18-10-13-26(36)21-39)45-34(23)27-19-25(38(22-40)24-11-6-5-7-12-24)15-16-28(27)37(33(34)43)17-9-8-14-31(42)44-2/h5-7,11-12,15-16,19,22-23,26,29,32,39H,8-10,13-14,17-18,20-21H2,1-4H3/t23-,26-,29+,32-,34+/m0/s1. The summed E-state index contributed by atoms with van der Waals surface area (Å²) in [4.78, 5) is 57.1. The molecule has 12 heteroatoms. The van der Waals surface area contributed by atoms with E-state index in [2.05, 4.69) is 0 Å². The van der Waals surface area contributed by atoms with Gasteiger partial charge in [0.2, 0.25) is 20.7 Å². The molecule has 5 atom stereocenters. The molecule has 0 bridgehead atoms. The average molecular weight is 654 g/mol. The Labute approximate surface area is 270 Å². The third kappa shape index (κ3) is 6.10. The molecule has 10 nitrogen and oxygen atoms in total. The molecule has 3 heterocycles. The molecule has 0 radical (unpaired) electrons. The van der Waals surface area contributed by atoms with Crippen LogP contribution in [-0.4, -0.2) is 81.6 Å². The van der Waals surface area contributed by atoms with Gasteiger partial charge < -0.3 is 28.5 Å². The molecule has 2 aromatic carbocycles. The minimum Gasteiger partial charge on any atom is -0.469 e. The van der Waals surface area contributed by atoms with E-state index in [1.807, 2.05) is 25.1 Å². The first kappa shape index (κ1) is 33.7. The van der Waals surface area contributed by atoms with E-state index in [1.54, 1.807) is 53.2 Å². The molecule has 3 amide bonds. The van der Waals surface area contributed by atoms with Crippen LogP contribution in [0.2, 0.25) is 18.6 Å². The SMILES string of the molecule is COC(=O)CCCCN1C(=O)[C@]2(O[C@H](CC(=O)N3CCC[C@H]3CO)[C@@H]([Si](C)(C)F)[C@@H]2C)c2cc(N(C=O)c3ccccc3)ccc21. The minimum atomic E-state index is -3.53. The van der Waals surface area contributed by atoms with Crippen LogP contribution in [-0.2, 0) is 34.3 Å². The Hall–Kier alpha value is -3.61. The lowest BCUT2D eigenvalue weighted by Gasteiger charge is -2.31. The lowest BCUT2D eigenvalue weighted by molar-refractivity contribution is -0.150. The number of halogens is 1. The lowest BCUT2D eigenvalue weighted by Crippen LogP contribution is -2.45. The van der Waals surface area contributed by atoms with Gasteiger partial charge in [0, 0.05) is 47.9 Å². The van der Waals surface area contributed by atoms with Crippen molar-refractivity contribution in [3.05, 3.63) is 54.1 Å². The molecule has 2 aromatic rings. The van der Waals surface area contributed by atoms with E-state index in [-0.39, 0.29) is 43.3 Å². The molecule has 2 saturated heterocycles. The smallest absolute Gasteiger partial charge is 0.305 e. The Morgan fingerprint density at radius 3 is 2.57 bits per heavy atom. The highest BCUT2D eigenvalue weighted by molar-refractivity contribution is 6.72. The van der Waals surface area contributed by atoms with Crippen LogP contribution in [0.15, 0.2) is 48.5 Å².